The van der Waals surface area contributed by atoms with Gasteiger partial charge in [-0.05, 0) is 29.7 Å². The van der Waals surface area contributed by atoms with Crippen LogP contribution in [0.1, 0.15) is 30.9 Å². The van der Waals surface area contributed by atoms with Crippen LogP contribution in [0.5, 0.6) is 11.5 Å². The van der Waals surface area contributed by atoms with Crippen LogP contribution in [0.2, 0.25) is 0 Å². The molecule has 0 atom stereocenters. The lowest BCUT2D eigenvalue weighted by molar-refractivity contribution is 0.371. The van der Waals surface area contributed by atoms with Crippen molar-refractivity contribution in [2.45, 2.75) is 26.3 Å². The molecule has 2 N–H and O–H groups in total. The van der Waals surface area contributed by atoms with Crippen LogP contribution >= 0.6 is 0 Å². The van der Waals surface area contributed by atoms with Gasteiger partial charge in [-0.1, -0.05) is 38.1 Å². The van der Waals surface area contributed by atoms with Gasteiger partial charge in [-0.25, -0.2) is 0 Å². The summed E-state index contributed by atoms with van der Waals surface area (Å²) in [5, 5.41) is 13.4. The lowest BCUT2D eigenvalue weighted by atomic mass is 10.0. The molecule has 2 aromatic carbocycles. The third-order valence-corrected chi connectivity index (χ3v) is 3.34. The van der Waals surface area contributed by atoms with E-state index in [0.717, 1.165) is 11.3 Å². The monoisotopic (exact) mass is 271 g/mol. The first-order valence-electron chi connectivity index (χ1n) is 6.80. The molecular formula is C17H21NO2. The normalized spacial score (nSPS) is 10.6. The van der Waals surface area contributed by atoms with E-state index in [4.69, 9.17) is 4.74 Å². The maximum atomic E-state index is 10.0. The molecule has 0 aromatic heterocycles. The Hall–Kier alpha value is -2.16. The molecule has 106 valence electrons. The van der Waals surface area contributed by atoms with Gasteiger partial charge in [0.1, 0.15) is 0 Å². The smallest absolute Gasteiger partial charge is 0.162 e. The van der Waals surface area contributed by atoms with Crippen molar-refractivity contribution in [3.05, 3.63) is 53.6 Å². The minimum atomic E-state index is 0.197. The van der Waals surface area contributed by atoms with Gasteiger partial charge in [-0.2, -0.15) is 0 Å². The number of benzene rings is 2. The van der Waals surface area contributed by atoms with Gasteiger partial charge < -0.3 is 15.2 Å². The van der Waals surface area contributed by atoms with Gasteiger partial charge in [-0.15, -0.1) is 0 Å². The first-order valence-corrected chi connectivity index (χ1v) is 6.80. The number of para-hydroxylation sites is 1. The third kappa shape index (κ3) is 3.23. The van der Waals surface area contributed by atoms with Gasteiger partial charge in [0, 0.05) is 17.8 Å². The first-order chi connectivity index (χ1) is 9.61. The van der Waals surface area contributed by atoms with Crippen molar-refractivity contribution >= 4 is 5.69 Å². The van der Waals surface area contributed by atoms with E-state index in [2.05, 4.69) is 31.3 Å². The summed E-state index contributed by atoms with van der Waals surface area (Å²) in [6.07, 6.45) is 0. The van der Waals surface area contributed by atoms with Gasteiger partial charge in [0.25, 0.3) is 0 Å². The largest absolute Gasteiger partial charge is 0.504 e. The van der Waals surface area contributed by atoms with Crippen molar-refractivity contribution in [1.82, 2.24) is 0 Å². The zero-order chi connectivity index (χ0) is 14.5. The molecule has 0 spiro atoms. The molecule has 0 heterocycles. The molecule has 0 unspecified atom stereocenters. The summed E-state index contributed by atoms with van der Waals surface area (Å²) in [4.78, 5) is 0. The number of ether oxygens (including phenoxy) is 1. The highest BCUT2D eigenvalue weighted by molar-refractivity contribution is 5.50. The van der Waals surface area contributed by atoms with Crippen LogP contribution in [0.4, 0.5) is 5.69 Å². The highest BCUT2D eigenvalue weighted by Crippen LogP contribution is 2.30. The fraction of sp³-hybridized carbons (Fsp3) is 0.294. The van der Waals surface area contributed by atoms with E-state index >= 15 is 0 Å². The Morgan fingerprint density at radius 2 is 1.90 bits per heavy atom. The van der Waals surface area contributed by atoms with E-state index in [9.17, 15) is 5.11 Å². The number of rotatable bonds is 5. The summed E-state index contributed by atoms with van der Waals surface area (Å²) in [5.74, 6) is 1.20. The van der Waals surface area contributed by atoms with Crippen LogP contribution in [0.3, 0.4) is 0 Å². The number of phenols is 1. The number of hydrogen-bond acceptors (Lipinski definition) is 3. The molecule has 0 amide bonds. The zero-order valence-electron chi connectivity index (χ0n) is 12.2. The predicted octanol–water partition coefficient (Wildman–Crippen LogP) is 4.14. The quantitative estimate of drug-likeness (QED) is 0.859. The van der Waals surface area contributed by atoms with E-state index in [1.807, 2.05) is 24.3 Å². The van der Waals surface area contributed by atoms with E-state index in [1.165, 1.54) is 5.56 Å². The molecule has 0 radical (unpaired) electrons. The SMILES string of the molecule is COc1cccc(CNc2cccc(C(C)C)c2)c1O. The van der Waals surface area contributed by atoms with Crippen molar-refractivity contribution in [3.8, 4) is 11.5 Å². The Morgan fingerprint density at radius 1 is 1.15 bits per heavy atom. The Kier molecular flexibility index (Phi) is 4.51. The average molecular weight is 271 g/mol. The maximum Gasteiger partial charge on any atom is 0.162 e. The Morgan fingerprint density at radius 3 is 2.60 bits per heavy atom. The maximum absolute atomic E-state index is 10.0. The second-order valence-electron chi connectivity index (χ2n) is 5.10. The van der Waals surface area contributed by atoms with E-state index in [0.29, 0.717) is 18.2 Å². The highest BCUT2D eigenvalue weighted by Gasteiger charge is 2.07. The second-order valence-corrected chi connectivity index (χ2v) is 5.10. The lowest BCUT2D eigenvalue weighted by Crippen LogP contribution is -2.01. The molecule has 0 aliphatic heterocycles. The van der Waals surface area contributed by atoms with Crippen LogP contribution in [0.25, 0.3) is 0 Å². The number of anilines is 1. The summed E-state index contributed by atoms with van der Waals surface area (Å²) in [6, 6.07) is 13.8. The summed E-state index contributed by atoms with van der Waals surface area (Å²) < 4.78 is 5.11. The van der Waals surface area contributed by atoms with Gasteiger partial charge in [-0.3, -0.25) is 0 Å². The van der Waals surface area contributed by atoms with Crippen molar-refractivity contribution in [2.24, 2.45) is 0 Å². The van der Waals surface area contributed by atoms with Gasteiger partial charge >= 0.3 is 0 Å². The molecule has 0 fully saturated rings. The number of hydrogen-bond donors (Lipinski definition) is 2. The summed E-state index contributed by atoms with van der Waals surface area (Å²) in [7, 11) is 1.55. The van der Waals surface area contributed by atoms with Crippen molar-refractivity contribution < 1.29 is 9.84 Å². The molecule has 20 heavy (non-hydrogen) atoms. The molecule has 2 aromatic rings. The summed E-state index contributed by atoms with van der Waals surface area (Å²) in [6.45, 7) is 4.91. The van der Waals surface area contributed by atoms with Crippen LogP contribution < -0.4 is 10.1 Å². The molecule has 0 bridgehead atoms. The molecule has 3 nitrogen and oxygen atoms in total. The Labute approximate surface area is 120 Å². The molecule has 3 heteroatoms. The van der Waals surface area contributed by atoms with E-state index in [-0.39, 0.29) is 5.75 Å². The van der Waals surface area contributed by atoms with E-state index in [1.54, 1.807) is 13.2 Å². The zero-order valence-corrected chi connectivity index (χ0v) is 12.2. The molecular weight excluding hydrogens is 250 g/mol. The fourth-order valence-electron chi connectivity index (χ4n) is 2.08. The Balaban J connectivity index is 2.11. The number of aromatic hydroxyl groups is 1. The number of phenolic OH excluding ortho intramolecular Hbond substituents is 1. The molecule has 0 aliphatic rings. The van der Waals surface area contributed by atoms with Crippen molar-refractivity contribution in [2.75, 3.05) is 12.4 Å². The van der Waals surface area contributed by atoms with E-state index < -0.39 is 0 Å². The van der Waals surface area contributed by atoms with Gasteiger partial charge in [0.15, 0.2) is 11.5 Å². The minimum Gasteiger partial charge on any atom is -0.504 e. The lowest BCUT2D eigenvalue weighted by Gasteiger charge is -2.12. The van der Waals surface area contributed by atoms with Crippen LogP contribution in [-0.2, 0) is 6.54 Å². The first kappa shape index (κ1) is 14.3. The second kappa shape index (κ2) is 6.33. The molecule has 0 saturated heterocycles. The molecule has 0 saturated carbocycles. The van der Waals surface area contributed by atoms with Gasteiger partial charge in [0.2, 0.25) is 0 Å². The van der Waals surface area contributed by atoms with Crippen LogP contribution in [0, 0.1) is 0 Å². The topological polar surface area (TPSA) is 41.5 Å². The predicted molar refractivity (Wildman–Crippen MR) is 82.5 cm³/mol. The van der Waals surface area contributed by atoms with Crippen molar-refractivity contribution in [1.29, 1.82) is 0 Å². The van der Waals surface area contributed by atoms with Crippen LogP contribution in [0.15, 0.2) is 42.5 Å². The Bertz CT molecular complexity index is 579. The van der Waals surface area contributed by atoms with Gasteiger partial charge in [0.05, 0.1) is 7.11 Å². The van der Waals surface area contributed by atoms with Crippen LogP contribution in [-0.4, -0.2) is 12.2 Å². The standard InChI is InChI=1S/C17H21NO2/c1-12(2)13-6-4-8-15(10-13)18-11-14-7-5-9-16(20-3)17(14)19/h4-10,12,18-19H,11H2,1-3H3. The van der Waals surface area contributed by atoms with Crippen molar-refractivity contribution in [3.63, 3.8) is 0 Å². The fourth-order valence-corrected chi connectivity index (χ4v) is 2.08. The average Bonchev–Trinajstić information content (AvgIpc) is 2.46. The minimum absolute atomic E-state index is 0.197. The number of methoxy groups -OCH3 is 1. The number of nitrogens with one attached hydrogen (secondary N) is 1. The summed E-state index contributed by atoms with van der Waals surface area (Å²) >= 11 is 0. The third-order valence-electron chi connectivity index (χ3n) is 3.34. The molecule has 2 rings (SSSR count). The highest BCUT2D eigenvalue weighted by atomic mass is 16.5. The molecule has 0 aliphatic carbocycles. The summed E-state index contributed by atoms with van der Waals surface area (Å²) in [5.41, 5.74) is 3.17.